The molecule has 0 aromatic rings. The molecule has 0 aliphatic rings. The molecule has 6 nitrogen and oxygen atoms in total. The van der Waals surface area contributed by atoms with Crippen molar-refractivity contribution >= 4 is 15.9 Å². The number of likely N-dealkylation sites (N-methyl/N-ethyl adjacent to an activating group) is 1. The lowest BCUT2D eigenvalue weighted by Gasteiger charge is -2.45. The third-order valence-electron chi connectivity index (χ3n) is 5.33. The second-order valence-corrected chi connectivity index (χ2v) is 9.68. The highest BCUT2D eigenvalue weighted by Crippen LogP contribution is 2.43. The summed E-state index contributed by atoms with van der Waals surface area (Å²) in [7, 11) is -1.81. The van der Waals surface area contributed by atoms with Crippen LogP contribution >= 0.6 is 0 Å². The van der Waals surface area contributed by atoms with E-state index in [4.69, 9.17) is 10.5 Å². The van der Waals surface area contributed by atoms with E-state index in [0.29, 0.717) is 19.3 Å². The fourth-order valence-electron chi connectivity index (χ4n) is 3.02. The first-order chi connectivity index (χ1) is 10.7. The second kappa shape index (κ2) is 8.63. The van der Waals surface area contributed by atoms with Gasteiger partial charge in [-0.25, -0.2) is 8.42 Å². The Bertz CT molecular complexity index is 521. The van der Waals surface area contributed by atoms with Gasteiger partial charge in [0.2, 0.25) is 15.9 Å². The number of ether oxygens (including phenoxy) is 1. The molecule has 0 bridgehead atoms. The van der Waals surface area contributed by atoms with Gasteiger partial charge >= 0.3 is 0 Å². The summed E-state index contributed by atoms with van der Waals surface area (Å²) >= 11 is 0. The van der Waals surface area contributed by atoms with E-state index in [2.05, 4.69) is 0 Å². The van der Waals surface area contributed by atoms with Crippen molar-refractivity contribution in [1.29, 1.82) is 0 Å². The molecule has 3 unspecified atom stereocenters. The van der Waals surface area contributed by atoms with Gasteiger partial charge in [-0.2, -0.15) is 4.31 Å². The molecule has 0 aliphatic carbocycles. The van der Waals surface area contributed by atoms with Gasteiger partial charge in [0.15, 0.2) is 0 Å². The summed E-state index contributed by atoms with van der Waals surface area (Å²) in [5, 5.41) is 0. The zero-order valence-corrected chi connectivity index (χ0v) is 17.4. The van der Waals surface area contributed by atoms with E-state index in [-0.39, 0.29) is 24.7 Å². The van der Waals surface area contributed by atoms with Crippen molar-refractivity contribution in [2.45, 2.75) is 73.0 Å². The average molecular weight is 365 g/mol. The minimum absolute atomic E-state index is 0.00438. The Kier molecular flexibility index (Phi) is 8.39. The molecule has 7 heteroatoms. The lowest BCUT2D eigenvalue weighted by molar-refractivity contribution is -0.130. The van der Waals surface area contributed by atoms with Crippen LogP contribution in [0, 0.1) is 10.8 Å². The smallest absolute Gasteiger partial charge is 0.223 e. The summed E-state index contributed by atoms with van der Waals surface area (Å²) in [6, 6.07) is -0.370. The van der Waals surface area contributed by atoms with Crippen molar-refractivity contribution in [3.8, 4) is 0 Å². The highest BCUT2D eigenvalue weighted by molar-refractivity contribution is 7.88. The summed E-state index contributed by atoms with van der Waals surface area (Å²) < 4.78 is 31.4. The molecule has 3 atom stereocenters. The molecular weight excluding hydrogens is 328 g/mol. The first-order valence-corrected chi connectivity index (χ1v) is 10.4. The molecule has 0 radical (unpaired) electrons. The minimum Gasteiger partial charge on any atom is -0.377 e. The van der Waals surface area contributed by atoms with Gasteiger partial charge in [-0.05, 0) is 38.5 Å². The number of primary amides is 1. The van der Waals surface area contributed by atoms with Crippen LogP contribution in [0.5, 0.6) is 0 Å². The number of hydrogen-bond donors (Lipinski definition) is 1. The Balaban J connectivity index is 5.84. The molecule has 144 valence electrons. The van der Waals surface area contributed by atoms with Gasteiger partial charge in [-0.15, -0.1) is 0 Å². The number of carbonyl (C=O) groups excluding carboxylic acids is 1. The number of nitrogens with zero attached hydrogens (tertiary/aromatic N) is 1. The zero-order valence-electron chi connectivity index (χ0n) is 16.5. The third kappa shape index (κ3) is 6.01. The molecule has 0 heterocycles. The van der Waals surface area contributed by atoms with Gasteiger partial charge < -0.3 is 10.5 Å². The molecule has 0 aromatic heterocycles. The Morgan fingerprint density at radius 3 is 2.00 bits per heavy atom. The van der Waals surface area contributed by atoms with Crippen LogP contribution in [-0.4, -0.2) is 50.7 Å². The fourth-order valence-corrected chi connectivity index (χ4v) is 3.79. The van der Waals surface area contributed by atoms with Crippen LogP contribution in [-0.2, 0) is 19.6 Å². The number of sulfonamides is 1. The summed E-state index contributed by atoms with van der Waals surface area (Å²) in [4.78, 5) is 12.0. The van der Waals surface area contributed by atoms with Crippen LogP contribution in [0.1, 0.15) is 60.8 Å². The van der Waals surface area contributed by atoms with Gasteiger partial charge in [0.25, 0.3) is 0 Å². The van der Waals surface area contributed by atoms with E-state index in [1.807, 2.05) is 41.5 Å². The van der Waals surface area contributed by atoms with E-state index in [0.717, 1.165) is 0 Å². The summed E-state index contributed by atoms with van der Waals surface area (Å²) in [5.74, 6) is -0.352. The Labute approximate surface area is 148 Å². The summed E-state index contributed by atoms with van der Waals surface area (Å²) in [5.41, 5.74) is 4.51. The lowest BCUT2D eigenvalue weighted by atomic mass is 9.66. The standard InChI is InChI=1S/C17H36N2O4S/c1-9-16(5,12-17(6,10-2)15(18)20)14(11-23-13(3)4)19(7)24(8,21)22/h13-14H,9-12H2,1-8H3,(H2,18,20). The Morgan fingerprint density at radius 2 is 1.71 bits per heavy atom. The minimum atomic E-state index is -3.39. The molecule has 0 aromatic carbocycles. The molecule has 0 fully saturated rings. The highest BCUT2D eigenvalue weighted by atomic mass is 32.2. The van der Waals surface area contributed by atoms with Crippen molar-refractivity contribution < 1.29 is 17.9 Å². The van der Waals surface area contributed by atoms with E-state index in [1.165, 1.54) is 10.6 Å². The molecule has 24 heavy (non-hydrogen) atoms. The predicted octanol–water partition coefficient (Wildman–Crippen LogP) is 2.38. The molecule has 0 rings (SSSR count). The van der Waals surface area contributed by atoms with Crippen LogP contribution in [0.2, 0.25) is 0 Å². The fraction of sp³-hybridized carbons (Fsp3) is 0.941. The number of nitrogens with two attached hydrogens (primary N) is 1. The maximum absolute atomic E-state index is 12.1. The second-order valence-electron chi connectivity index (χ2n) is 7.64. The SMILES string of the molecule is CCC(C)(CC(C)(CC)C(COC(C)C)N(C)S(C)(=O)=O)C(N)=O. The topological polar surface area (TPSA) is 89.7 Å². The number of carbonyl (C=O) groups is 1. The maximum atomic E-state index is 12.1. The Hall–Kier alpha value is -0.660. The quantitative estimate of drug-likeness (QED) is 0.609. The van der Waals surface area contributed by atoms with E-state index >= 15 is 0 Å². The highest BCUT2D eigenvalue weighted by Gasteiger charge is 2.45. The first-order valence-electron chi connectivity index (χ1n) is 8.58. The van der Waals surface area contributed by atoms with Crippen LogP contribution in [0.15, 0.2) is 0 Å². The van der Waals surface area contributed by atoms with Crippen LogP contribution in [0.4, 0.5) is 0 Å². The molecular formula is C17H36N2O4S. The molecule has 0 saturated heterocycles. The van der Waals surface area contributed by atoms with Gasteiger partial charge in [-0.3, -0.25) is 4.79 Å². The normalized spacial score (nSPS) is 19.1. The first kappa shape index (κ1) is 23.3. The monoisotopic (exact) mass is 364 g/mol. The largest absolute Gasteiger partial charge is 0.377 e. The maximum Gasteiger partial charge on any atom is 0.223 e. The van der Waals surface area contributed by atoms with Crippen molar-refractivity contribution in [2.75, 3.05) is 19.9 Å². The lowest BCUT2D eigenvalue weighted by Crippen LogP contribution is -2.52. The number of amides is 1. The number of hydrogen-bond acceptors (Lipinski definition) is 4. The van der Waals surface area contributed by atoms with Crippen LogP contribution in [0.25, 0.3) is 0 Å². The van der Waals surface area contributed by atoms with Gasteiger partial charge in [0.1, 0.15) is 0 Å². The van der Waals surface area contributed by atoms with Gasteiger partial charge in [-0.1, -0.05) is 27.7 Å². The zero-order chi connectivity index (χ0) is 19.3. The van der Waals surface area contributed by atoms with Crippen molar-refractivity contribution in [3.63, 3.8) is 0 Å². The van der Waals surface area contributed by atoms with E-state index < -0.39 is 20.9 Å². The predicted molar refractivity (Wildman–Crippen MR) is 98.1 cm³/mol. The summed E-state index contributed by atoms with van der Waals surface area (Å²) in [6.45, 7) is 11.9. The average Bonchev–Trinajstić information content (AvgIpc) is 2.45. The van der Waals surface area contributed by atoms with Crippen LogP contribution in [0.3, 0.4) is 0 Å². The van der Waals surface area contributed by atoms with Gasteiger partial charge in [0, 0.05) is 12.5 Å². The molecule has 2 N–H and O–H groups in total. The van der Waals surface area contributed by atoms with Crippen molar-refractivity contribution in [3.05, 3.63) is 0 Å². The molecule has 1 amide bonds. The number of rotatable bonds is 11. The van der Waals surface area contributed by atoms with E-state index in [9.17, 15) is 13.2 Å². The third-order valence-corrected chi connectivity index (χ3v) is 6.63. The van der Waals surface area contributed by atoms with Crippen molar-refractivity contribution in [1.82, 2.24) is 4.31 Å². The van der Waals surface area contributed by atoms with E-state index in [1.54, 1.807) is 7.05 Å². The van der Waals surface area contributed by atoms with Gasteiger partial charge in [0.05, 0.1) is 25.0 Å². The molecule has 0 saturated carbocycles. The summed E-state index contributed by atoms with van der Waals surface area (Å²) in [6.07, 6.45) is 3.02. The Morgan fingerprint density at radius 1 is 1.21 bits per heavy atom. The molecule has 0 spiro atoms. The van der Waals surface area contributed by atoms with Crippen LogP contribution < -0.4 is 5.73 Å². The molecule has 0 aliphatic heterocycles. The van der Waals surface area contributed by atoms with Crippen molar-refractivity contribution in [2.24, 2.45) is 16.6 Å².